The third-order valence-electron chi connectivity index (χ3n) is 5.21. The first-order valence-electron chi connectivity index (χ1n) is 9.96. The number of carbonyl (C=O) groups excluding carboxylic acids is 1. The van der Waals surface area contributed by atoms with Gasteiger partial charge in [-0.05, 0) is 62.4 Å². The lowest BCUT2D eigenvalue weighted by Crippen LogP contribution is -2.39. The van der Waals surface area contributed by atoms with Gasteiger partial charge in [0, 0.05) is 16.8 Å². The molecule has 6 nitrogen and oxygen atoms in total. The summed E-state index contributed by atoms with van der Waals surface area (Å²) in [6.45, 7) is 7.93. The summed E-state index contributed by atoms with van der Waals surface area (Å²) in [6.07, 6.45) is 1.71. The van der Waals surface area contributed by atoms with Crippen LogP contribution in [-0.2, 0) is 9.53 Å². The average molecular weight is 454 g/mol. The first-order chi connectivity index (χ1) is 14.9. The van der Waals surface area contributed by atoms with Crippen molar-refractivity contribution in [2.45, 2.75) is 33.7 Å². The lowest BCUT2D eigenvalue weighted by molar-refractivity contribution is -0.139. The molecule has 0 radical (unpaired) electrons. The minimum Gasteiger partial charge on any atom is -0.463 e. The predicted octanol–water partition coefficient (Wildman–Crippen LogP) is 3.50. The van der Waals surface area contributed by atoms with Gasteiger partial charge in [0.25, 0.3) is 5.56 Å². The van der Waals surface area contributed by atoms with Crippen LogP contribution in [0.25, 0.3) is 6.20 Å². The molecule has 31 heavy (non-hydrogen) atoms. The molecule has 0 spiro atoms. The van der Waals surface area contributed by atoms with E-state index in [2.05, 4.69) is 24.2 Å². The van der Waals surface area contributed by atoms with Crippen molar-refractivity contribution in [1.29, 1.82) is 0 Å². The molecular weight excluding hydrogens is 430 g/mol. The van der Waals surface area contributed by atoms with E-state index >= 15 is 0 Å². The van der Waals surface area contributed by atoms with Crippen LogP contribution in [0.1, 0.15) is 35.9 Å². The highest BCUT2D eigenvalue weighted by molar-refractivity contribution is 7.10. The van der Waals surface area contributed by atoms with Crippen LogP contribution in [0.4, 0.5) is 5.69 Å². The average Bonchev–Trinajstić information content (AvgIpc) is 3.36. The molecule has 8 heteroatoms. The molecule has 4 rings (SSSR count). The standard InChI is InChI=1S/C23H23N3O3S2/c1-5-29-22(28)19-15(4)25-23-26(20(19)17-7-6-10-30-17)21(27)18(31-23)12-24-16-9-8-13(2)14(3)11-16/h6-12,20,24H,5H2,1-4H3/b18-12-/t20-/m0/s1. The number of hydrogen-bond donors (Lipinski definition) is 1. The predicted molar refractivity (Wildman–Crippen MR) is 125 cm³/mol. The van der Waals surface area contributed by atoms with Crippen LogP contribution in [0, 0.1) is 13.8 Å². The van der Waals surface area contributed by atoms with Crippen LogP contribution in [0.2, 0.25) is 0 Å². The second-order valence-corrected chi connectivity index (χ2v) is 9.25. The number of rotatable bonds is 5. The Morgan fingerprint density at radius 1 is 1.26 bits per heavy atom. The number of thiazole rings is 1. The van der Waals surface area contributed by atoms with Gasteiger partial charge < -0.3 is 10.1 Å². The van der Waals surface area contributed by atoms with Crippen LogP contribution in [0.3, 0.4) is 0 Å². The molecule has 0 unspecified atom stereocenters. The third kappa shape index (κ3) is 4.00. The molecule has 160 valence electrons. The quantitative estimate of drug-likeness (QED) is 0.600. The number of aromatic nitrogens is 1. The number of carbonyl (C=O) groups is 1. The van der Waals surface area contributed by atoms with Crippen LogP contribution in [0.5, 0.6) is 0 Å². The Hall–Kier alpha value is -2.97. The van der Waals surface area contributed by atoms with E-state index in [-0.39, 0.29) is 12.2 Å². The molecule has 0 fully saturated rings. The monoisotopic (exact) mass is 453 g/mol. The van der Waals surface area contributed by atoms with Gasteiger partial charge in [-0.25, -0.2) is 9.79 Å². The topological polar surface area (TPSA) is 72.7 Å². The van der Waals surface area contributed by atoms with E-state index in [0.717, 1.165) is 10.6 Å². The van der Waals surface area contributed by atoms with Crippen molar-refractivity contribution in [3.8, 4) is 0 Å². The molecule has 2 aromatic heterocycles. The summed E-state index contributed by atoms with van der Waals surface area (Å²) in [5, 5.41) is 5.16. The molecule has 3 heterocycles. The van der Waals surface area contributed by atoms with Gasteiger partial charge in [0.2, 0.25) is 0 Å². The number of benzene rings is 1. The maximum Gasteiger partial charge on any atom is 0.338 e. The Morgan fingerprint density at radius 3 is 2.74 bits per heavy atom. The normalized spacial score (nSPS) is 16.1. The highest BCUT2D eigenvalue weighted by atomic mass is 32.1. The van der Waals surface area contributed by atoms with Crippen LogP contribution < -0.4 is 20.2 Å². The van der Waals surface area contributed by atoms with Crippen LogP contribution in [0.15, 0.2) is 56.8 Å². The Kier molecular flexibility index (Phi) is 5.93. The van der Waals surface area contributed by atoms with Gasteiger partial charge in [0.1, 0.15) is 10.6 Å². The number of aryl methyl sites for hydroxylation is 2. The maximum absolute atomic E-state index is 13.4. The Labute approximate surface area is 187 Å². The Balaban J connectivity index is 1.82. The van der Waals surface area contributed by atoms with Crippen molar-refractivity contribution in [3.05, 3.63) is 82.7 Å². The van der Waals surface area contributed by atoms with Crippen LogP contribution >= 0.6 is 22.7 Å². The number of thiophene rings is 1. The molecular formula is C23H23N3O3S2. The van der Waals surface area contributed by atoms with E-state index in [1.807, 2.05) is 35.7 Å². The molecule has 1 aliphatic heterocycles. The number of esters is 1. The van der Waals surface area contributed by atoms with E-state index in [9.17, 15) is 9.59 Å². The largest absolute Gasteiger partial charge is 0.463 e. The Morgan fingerprint density at radius 2 is 2.06 bits per heavy atom. The van der Waals surface area contributed by atoms with Crippen molar-refractivity contribution in [2.75, 3.05) is 11.9 Å². The zero-order valence-electron chi connectivity index (χ0n) is 17.8. The minimum atomic E-state index is -0.543. The van der Waals surface area contributed by atoms with Crippen molar-refractivity contribution < 1.29 is 9.53 Å². The van der Waals surface area contributed by atoms with Crippen molar-refractivity contribution in [1.82, 2.24) is 4.57 Å². The van der Waals surface area contributed by atoms with Gasteiger partial charge in [-0.3, -0.25) is 9.36 Å². The number of allylic oxidation sites excluding steroid dienone is 1. The molecule has 1 aromatic carbocycles. The number of fused-ring (bicyclic) bond motifs is 1. The van der Waals surface area contributed by atoms with Gasteiger partial charge in [0.15, 0.2) is 4.80 Å². The van der Waals surface area contributed by atoms with Crippen molar-refractivity contribution in [2.24, 2.45) is 4.99 Å². The van der Waals surface area contributed by atoms with Crippen LogP contribution in [-0.4, -0.2) is 17.1 Å². The summed E-state index contributed by atoms with van der Waals surface area (Å²) in [7, 11) is 0. The van der Waals surface area contributed by atoms with E-state index in [1.54, 1.807) is 24.6 Å². The number of hydrogen-bond acceptors (Lipinski definition) is 7. The fraction of sp³-hybridized carbons (Fsp3) is 0.261. The molecule has 1 atom stereocenters. The van der Waals surface area contributed by atoms with Gasteiger partial charge in [-0.2, -0.15) is 0 Å². The number of anilines is 1. The van der Waals surface area contributed by atoms with Gasteiger partial charge in [0.05, 0.1) is 17.9 Å². The lowest BCUT2D eigenvalue weighted by atomic mass is 10.0. The molecule has 0 saturated carbocycles. The molecule has 0 aliphatic carbocycles. The van der Waals surface area contributed by atoms with Gasteiger partial charge in [-0.1, -0.05) is 23.5 Å². The summed E-state index contributed by atoms with van der Waals surface area (Å²) in [5.41, 5.74) is 4.09. The molecule has 1 N–H and O–H groups in total. The first kappa shape index (κ1) is 21.3. The summed E-state index contributed by atoms with van der Waals surface area (Å²) in [4.78, 5) is 32.1. The summed E-state index contributed by atoms with van der Waals surface area (Å²) >= 11 is 2.81. The highest BCUT2D eigenvalue weighted by Gasteiger charge is 2.33. The molecule has 1 aliphatic rings. The van der Waals surface area contributed by atoms with Crippen molar-refractivity contribution >= 4 is 40.5 Å². The fourth-order valence-electron chi connectivity index (χ4n) is 3.49. The number of ether oxygens (including phenoxy) is 1. The van der Waals surface area contributed by atoms with E-state index in [0.29, 0.717) is 20.6 Å². The van der Waals surface area contributed by atoms with Gasteiger partial charge >= 0.3 is 5.97 Å². The second-order valence-electron chi connectivity index (χ2n) is 7.26. The third-order valence-corrected chi connectivity index (χ3v) is 7.11. The SMILES string of the molecule is CCOC(=O)C1=C(C)N=c2s/c(=C\Nc3ccc(C)c(C)c3)c(=O)n2[C@H]1c1cccs1. The fourth-order valence-corrected chi connectivity index (χ4v) is 5.28. The second kappa shape index (κ2) is 8.64. The maximum atomic E-state index is 13.4. The molecule has 3 aromatic rings. The summed E-state index contributed by atoms with van der Waals surface area (Å²) in [6, 6.07) is 9.36. The highest BCUT2D eigenvalue weighted by Crippen LogP contribution is 2.33. The lowest BCUT2D eigenvalue weighted by Gasteiger charge is -2.23. The minimum absolute atomic E-state index is 0.187. The number of nitrogens with one attached hydrogen (secondary N) is 1. The van der Waals surface area contributed by atoms with E-state index in [4.69, 9.17) is 4.74 Å². The number of nitrogens with zero attached hydrogens (tertiary/aromatic N) is 2. The molecule has 0 bridgehead atoms. The van der Waals surface area contributed by atoms with E-state index < -0.39 is 12.0 Å². The summed E-state index contributed by atoms with van der Waals surface area (Å²) in [5.74, 6) is -0.440. The van der Waals surface area contributed by atoms with Crippen molar-refractivity contribution in [3.63, 3.8) is 0 Å². The van der Waals surface area contributed by atoms with Gasteiger partial charge in [-0.15, -0.1) is 11.3 Å². The molecule has 0 amide bonds. The smallest absolute Gasteiger partial charge is 0.338 e. The van der Waals surface area contributed by atoms with E-state index in [1.165, 1.54) is 33.8 Å². The first-order valence-corrected chi connectivity index (χ1v) is 11.7. The zero-order chi connectivity index (χ0) is 22.1. The zero-order valence-corrected chi connectivity index (χ0v) is 19.4. The Bertz CT molecular complexity index is 1350. The summed E-state index contributed by atoms with van der Waals surface area (Å²) < 4.78 is 7.41. The molecule has 0 saturated heterocycles.